The van der Waals surface area contributed by atoms with Crippen molar-refractivity contribution in [2.24, 2.45) is 0 Å². The molecule has 0 bridgehead atoms. The van der Waals surface area contributed by atoms with Crippen LogP contribution in [0.15, 0.2) is 66.7 Å². The summed E-state index contributed by atoms with van der Waals surface area (Å²) >= 11 is 0. The molecule has 1 aliphatic rings. The van der Waals surface area contributed by atoms with Gasteiger partial charge in [-0.3, -0.25) is 9.59 Å². The summed E-state index contributed by atoms with van der Waals surface area (Å²) < 4.78 is 12.7. The number of ether oxygens (including phenoxy) is 2. The van der Waals surface area contributed by atoms with E-state index in [1.807, 2.05) is 78.2 Å². The van der Waals surface area contributed by atoms with Crippen LogP contribution >= 0.6 is 0 Å². The van der Waals surface area contributed by atoms with Crippen LogP contribution in [0, 0.1) is 6.92 Å². The van der Waals surface area contributed by atoms with Crippen LogP contribution in [0.1, 0.15) is 36.7 Å². The topological polar surface area (TPSA) is 85.7 Å². The second-order valence-corrected chi connectivity index (χ2v) is 9.42. The normalized spacial score (nSPS) is 12.2. The van der Waals surface area contributed by atoms with Gasteiger partial charge in [-0.25, -0.2) is 4.98 Å². The molecule has 37 heavy (non-hydrogen) atoms. The maximum Gasteiger partial charge on any atom is 0.247 e. The van der Waals surface area contributed by atoms with Gasteiger partial charge in [0.05, 0.1) is 11.0 Å². The molecular formula is C29H30N4O4. The summed E-state index contributed by atoms with van der Waals surface area (Å²) in [7, 11) is 0. The van der Waals surface area contributed by atoms with E-state index in [0.717, 1.165) is 22.4 Å². The summed E-state index contributed by atoms with van der Waals surface area (Å²) in [6.45, 7) is 6.61. The molecule has 2 heterocycles. The lowest BCUT2D eigenvalue weighted by molar-refractivity contribution is -0.124. The van der Waals surface area contributed by atoms with Crippen LogP contribution in [-0.4, -0.2) is 34.7 Å². The number of aryl methyl sites for hydroxylation is 1. The van der Waals surface area contributed by atoms with Gasteiger partial charge in [0.1, 0.15) is 18.9 Å². The zero-order chi connectivity index (χ0) is 25.9. The molecule has 0 saturated heterocycles. The molecule has 1 aromatic heterocycles. The van der Waals surface area contributed by atoms with E-state index in [1.165, 1.54) is 10.5 Å². The Morgan fingerprint density at radius 3 is 2.57 bits per heavy atom. The number of imidazole rings is 1. The van der Waals surface area contributed by atoms with Gasteiger partial charge in [-0.15, -0.1) is 0 Å². The molecule has 4 aromatic rings. The summed E-state index contributed by atoms with van der Waals surface area (Å²) in [6.07, 6.45) is 0. The van der Waals surface area contributed by atoms with Crippen molar-refractivity contribution in [2.75, 3.05) is 18.2 Å². The van der Waals surface area contributed by atoms with Gasteiger partial charge in [-0.2, -0.15) is 0 Å². The number of fused-ring (bicyclic) bond motifs is 2. The van der Waals surface area contributed by atoms with E-state index in [9.17, 15) is 9.59 Å². The predicted molar refractivity (Wildman–Crippen MR) is 142 cm³/mol. The third-order valence-electron chi connectivity index (χ3n) is 6.54. The molecule has 2 amide bonds. The SMILES string of the molecule is Cc1nc2ccccc2n1CC(=O)N(CC(=O)NCc1ccc2c(c1)OCO2)c1ccc(C(C)C)cc1. The summed E-state index contributed by atoms with van der Waals surface area (Å²) in [4.78, 5) is 32.8. The summed E-state index contributed by atoms with van der Waals surface area (Å²) in [5.41, 5.74) is 4.45. The minimum Gasteiger partial charge on any atom is -0.454 e. The first-order valence-corrected chi connectivity index (χ1v) is 12.4. The first kappa shape index (κ1) is 24.4. The molecule has 5 rings (SSSR count). The van der Waals surface area contributed by atoms with E-state index < -0.39 is 0 Å². The fourth-order valence-electron chi connectivity index (χ4n) is 4.43. The van der Waals surface area contributed by atoms with Crippen molar-refractivity contribution in [1.29, 1.82) is 0 Å². The zero-order valence-corrected chi connectivity index (χ0v) is 21.2. The number of amides is 2. The highest BCUT2D eigenvalue weighted by Gasteiger charge is 2.22. The molecule has 0 radical (unpaired) electrons. The van der Waals surface area contributed by atoms with Crippen LogP contribution in [0.25, 0.3) is 11.0 Å². The number of hydrogen-bond acceptors (Lipinski definition) is 5. The number of aromatic nitrogens is 2. The molecule has 8 heteroatoms. The van der Waals surface area contributed by atoms with Gasteiger partial charge in [0, 0.05) is 12.2 Å². The standard InChI is InChI=1S/C29H30N4O4/c1-19(2)22-9-11-23(12-10-22)33(29(35)17-32-20(3)31-24-6-4-5-7-25(24)32)16-28(34)30-15-21-8-13-26-27(14-21)37-18-36-26/h4-14,19H,15-18H2,1-3H3,(H,30,34). The predicted octanol–water partition coefficient (Wildman–Crippen LogP) is 4.55. The van der Waals surface area contributed by atoms with Crippen LogP contribution in [0.2, 0.25) is 0 Å². The quantitative estimate of drug-likeness (QED) is 0.385. The third-order valence-corrected chi connectivity index (χ3v) is 6.54. The van der Waals surface area contributed by atoms with E-state index in [-0.39, 0.29) is 31.7 Å². The monoisotopic (exact) mass is 498 g/mol. The Bertz CT molecular complexity index is 1440. The summed E-state index contributed by atoms with van der Waals surface area (Å²) in [5.74, 6) is 2.02. The molecule has 0 atom stereocenters. The number of nitrogens with one attached hydrogen (secondary N) is 1. The van der Waals surface area contributed by atoms with Crippen LogP contribution in [0.5, 0.6) is 11.5 Å². The number of anilines is 1. The number of para-hydroxylation sites is 2. The Morgan fingerprint density at radius 2 is 1.78 bits per heavy atom. The van der Waals surface area contributed by atoms with Crippen molar-refractivity contribution in [1.82, 2.24) is 14.9 Å². The van der Waals surface area contributed by atoms with Gasteiger partial charge >= 0.3 is 0 Å². The number of nitrogens with zero attached hydrogens (tertiary/aromatic N) is 3. The number of carbonyl (C=O) groups is 2. The maximum absolute atomic E-state index is 13.6. The average molecular weight is 499 g/mol. The number of hydrogen-bond donors (Lipinski definition) is 1. The molecule has 0 fully saturated rings. The second-order valence-electron chi connectivity index (χ2n) is 9.42. The van der Waals surface area contributed by atoms with E-state index in [0.29, 0.717) is 29.6 Å². The van der Waals surface area contributed by atoms with Crippen molar-refractivity contribution >= 4 is 28.5 Å². The second kappa shape index (κ2) is 10.3. The van der Waals surface area contributed by atoms with Crippen molar-refractivity contribution in [3.63, 3.8) is 0 Å². The molecule has 1 N–H and O–H groups in total. The smallest absolute Gasteiger partial charge is 0.247 e. The lowest BCUT2D eigenvalue weighted by Gasteiger charge is -2.24. The molecule has 0 saturated carbocycles. The van der Waals surface area contributed by atoms with E-state index >= 15 is 0 Å². The maximum atomic E-state index is 13.6. The molecule has 0 aliphatic carbocycles. The summed E-state index contributed by atoms with van der Waals surface area (Å²) in [6, 6.07) is 21.1. The number of benzene rings is 3. The van der Waals surface area contributed by atoms with E-state index in [4.69, 9.17) is 9.47 Å². The lowest BCUT2D eigenvalue weighted by Crippen LogP contribution is -2.42. The Balaban J connectivity index is 1.34. The molecule has 8 nitrogen and oxygen atoms in total. The van der Waals surface area contributed by atoms with E-state index in [2.05, 4.69) is 24.1 Å². The minimum absolute atomic E-state index is 0.0771. The zero-order valence-electron chi connectivity index (χ0n) is 21.2. The van der Waals surface area contributed by atoms with Crippen molar-refractivity contribution in [2.45, 2.75) is 39.8 Å². The van der Waals surface area contributed by atoms with Gasteiger partial charge in [0.2, 0.25) is 18.6 Å². The fourth-order valence-corrected chi connectivity index (χ4v) is 4.43. The Kier molecular flexibility index (Phi) is 6.81. The fraction of sp³-hybridized carbons (Fsp3) is 0.276. The van der Waals surface area contributed by atoms with Crippen LogP contribution in [0.4, 0.5) is 5.69 Å². The lowest BCUT2D eigenvalue weighted by atomic mass is 10.0. The molecule has 1 aliphatic heterocycles. The first-order valence-electron chi connectivity index (χ1n) is 12.4. The highest BCUT2D eigenvalue weighted by molar-refractivity contribution is 5.99. The van der Waals surface area contributed by atoms with Crippen LogP contribution in [-0.2, 0) is 22.7 Å². The molecule has 0 unspecified atom stereocenters. The highest BCUT2D eigenvalue weighted by atomic mass is 16.7. The molecule has 190 valence electrons. The van der Waals surface area contributed by atoms with Gasteiger partial charge in [0.25, 0.3) is 0 Å². The minimum atomic E-state index is -0.258. The largest absolute Gasteiger partial charge is 0.454 e. The number of rotatable bonds is 8. The van der Waals surface area contributed by atoms with Gasteiger partial charge < -0.3 is 24.3 Å². The Morgan fingerprint density at radius 1 is 1.03 bits per heavy atom. The van der Waals surface area contributed by atoms with Gasteiger partial charge in [-0.1, -0.05) is 44.2 Å². The Hall–Kier alpha value is -4.33. The van der Waals surface area contributed by atoms with Crippen molar-refractivity contribution in [3.05, 3.63) is 83.7 Å². The molecular weight excluding hydrogens is 468 g/mol. The highest BCUT2D eigenvalue weighted by Crippen LogP contribution is 2.32. The van der Waals surface area contributed by atoms with Gasteiger partial charge in [-0.05, 0) is 60.4 Å². The van der Waals surface area contributed by atoms with Crippen molar-refractivity contribution < 1.29 is 19.1 Å². The van der Waals surface area contributed by atoms with E-state index in [1.54, 1.807) is 0 Å². The number of carbonyl (C=O) groups excluding carboxylic acids is 2. The van der Waals surface area contributed by atoms with Crippen LogP contribution < -0.4 is 19.7 Å². The van der Waals surface area contributed by atoms with Gasteiger partial charge in [0.15, 0.2) is 11.5 Å². The Labute approximate surface area is 215 Å². The molecule has 3 aromatic carbocycles. The molecule has 0 spiro atoms. The summed E-state index contributed by atoms with van der Waals surface area (Å²) in [5, 5.41) is 2.93. The third kappa shape index (κ3) is 5.28. The van der Waals surface area contributed by atoms with Crippen molar-refractivity contribution in [3.8, 4) is 11.5 Å². The first-order chi connectivity index (χ1) is 17.9. The average Bonchev–Trinajstić information content (AvgIpc) is 3.49. The van der Waals surface area contributed by atoms with Crippen LogP contribution in [0.3, 0.4) is 0 Å².